The van der Waals surface area contributed by atoms with Crippen LogP contribution < -0.4 is 14.9 Å². The third-order valence-corrected chi connectivity index (χ3v) is 4.29. The van der Waals surface area contributed by atoms with Crippen LogP contribution in [0.25, 0.3) is 0 Å². The molecule has 0 aromatic heterocycles. The fourth-order valence-corrected chi connectivity index (χ4v) is 2.65. The lowest BCUT2D eigenvalue weighted by Gasteiger charge is -2.08. The van der Waals surface area contributed by atoms with Crippen molar-refractivity contribution >= 4 is 12.1 Å². The SMILES string of the molecule is C=CCOc1ccccc1/C=N\NC(=O)c1ccc(OCc2ccc(C)cc2)cc1. The third-order valence-electron chi connectivity index (χ3n) is 4.29. The average Bonchev–Trinajstić information content (AvgIpc) is 2.78. The minimum Gasteiger partial charge on any atom is -0.489 e. The zero-order valence-electron chi connectivity index (χ0n) is 16.9. The van der Waals surface area contributed by atoms with Crippen molar-refractivity contribution < 1.29 is 14.3 Å². The van der Waals surface area contributed by atoms with Crippen molar-refractivity contribution in [2.45, 2.75) is 13.5 Å². The van der Waals surface area contributed by atoms with E-state index in [4.69, 9.17) is 9.47 Å². The number of nitrogens with one attached hydrogen (secondary N) is 1. The van der Waals surface area contributed by atoms with Gasteiger partial charge < -0.3 is 9.47 Å². The predicted molar refractivity (Wildman–Crippen MR) is 119 cm³/mol. The monoisotopic (exact) mass is 400 g/mol. The third kappa shape index (κ3) is 6.07. The number of para-hydroxylation sites is 1. The van der Waals surface area contributed by atoms with Gasteiger partial charge in [0.25, 0.3) is 5.91 Å². The lowest BCUT2D eigenvalue weighted by molar-refractivity contribution is 0.0955. The van der Waals surface area contributed by atoms with Crippen molar-refractivity contribution in [3.05, 3.63) is 108 Å². The molecular weight excluding hydrogens is 376 g/mol. The lowest BCUT2D eigenvalue weighted by Crippen LogP contribution is -2.17. The number of hydrogen-bond acceptors (Lipinski definition) is 4. The number of ether oxygens (including phenoxy) is 2. The first-order chi connectivity index (χ1) is 14.7. The largest absolute Gasteiger partial charge is 0.489 e. The molecule has 3 aromatic rings. The molecule has 0 spiro atoms. The van der Waals surface area contributed by atoms with Crippen LogP contribution >= 0.6 is 0 Å². The summed E-state index contributed by atoms with van der Waals surface area (Å²) < 4.78 is 11.3. The Kier molecular flexibility index (Phi) is 7.39. The number of hydrazone groups is 1. The molecule has 0 bridgehead atoms. The fourth-order valence-electron chi connectivity index (χ4n) is 2.65. The molecule has 0 radical (unpaired) electrons. The van der Waals surface area contributed by atoms with E-state index >= 15 is 0 Å². The number of rotatable bonds is 9. The molecule has 0 aliphatic rings. The van der Waals surface area contributed by atoms with Gasteiger partial charge in [0.15, 0.2) is 0 Å². The Labute approximate surface area is 176 Å². The Morgan fingerprint density at radius 3 is 2.47 bits per heavy atom. The molecule has 3 aromatic carbocycles. The molecule has 0 fully saturated rings. The van der Waals surface area contributed by atoms with Gasteiger partial charge in [-0.25, -0.2) is 5.43 Å². The molecule has 30 heavy (non-hydrogen) atoms. The summed E-state index contributed by atoms with van der Waals surface area (Å²) in [5.74, 6) is 1.07. The minimum absolute atomic E-state index is 0.305. The Balaban J connectivity index is 1.54. The van der Waals surface area contributed by atoms with Crippen LogP contribution in [0.15, 0.2) is 90.6 Å². The summed E-state index contributed by atoms with van der Waals surface area (Å²) in [6.45, 7) is 6.56. The van der Waals surface area contributed by atoms with Gasteiger partial charge in [-0.15, -0.1) is 0 Å². The smallest absolute Gasteiger partial charge is 0.271 e. The number of benzene rings is 3. The second-order valence-corrected chi connectivity index (χ2v) is 6.64. The normalized spacial score (nSPS) is 10.6. The number of amides is 1. The predicted octanol–water partition coefficient (Wildman–Crippen LogP) is 4.90. The summed E-state index contributed by atoms with van der Waals surface area (Å²) in [6.07, 6.45) is 3.22. The first-order valence-corrected chi connectivity index (χ1v) is 9.60. The van der Waals surface area contributed by atoms with Crippen molar-refractivity contribution in [2.75, 3.05) is 6.61 Å². The van der Waals surface area contributed by atoms with Crippen molar-refractivity contribution in [3.63, 3.8) is 0 Å². The van der Waals surface area contributed by atoms with Crippen molar-refractivity contribution in [1.82, 2.24) is 5.43 Å². The zero-order valence-corrected chi connectivity index (χ0v) is 16.9. The van der Waals surface area contributed by atoms with E-state index in [2.05, 4.69) is 29.2 Å². The summed E-state index contributed by atoms with van der Waals surface area (Å²) >= 11 is 0. The van der Waals surface area contributed by atoms with Crippen LogP contribution in [-0.2, 0) is 6.61 Å². The molecule has 0 atom stereocenters. The molecule has 0 aliphatic carbocycles. The number of carbonyl (C=O) groups excluding carboxylic acids is 1. The highest BCUT2D eigenvalue weighted by Crippen LogP contribution is 2.16. The molecular formula is C25H24N2O3. The van der Waals surface area contributed by atoms with Crippen LogP contribution in [0.5, 0.6) is 11.5 Å². The molecule has 5 nitrogen and oxygen atoms in total. The number of nitrogens with zero attached hydrogens (tertiary/aromatic N) is 1. The summed E-state index contributed by atoms with van der Waals surface area (Å²) in [5, 5.41) is 4.03. The van der Waals surface area contributed by atoms with Crippen molar-refractivity contribution in [3.8, 4) is 11.5 Å². The second-order valence-electron chi connectivity index (χ2n) is 6.64. The fraction of sp³-hybridized carbons (Fsp3) is 0.120. The highest BCUT2D eigenvalue weighted by atomic mass is 16.5. The first-order valence-electron chi connectivity index (χ1n) is 9.60. The minimum atomic E-state index is -0.305. The molecule has 152 valence electrons. The van der Waals surface area contributed by atoms with Gasteiger partial charge in [-0.2, -0.15) is 5.10 Å². The van der Waals surface area contributed by atoms with E-state index in [0.717, 1.165) is 11.1 Å². The van der Waals surface area contributed by atoms with Gasteiger partial charge in [0, 0.05) is 11.1 Å². The van der Waals surface area contributed by atoms with Gasteiger partial charge >= 0.3 is 0 Å². The maximum absolute atomic E-state index is 12.3. The van der Waals surface area contributed by atoms with Gasteiger partial charge in [0.2, 0.25) is 0 Å². The standard InChI is InChI=1S/C25H24N2O3/c1-3-16-29-24-7-5-4-6-22(24)17-26-27-25(28)21-12-14-23(15-13-21)30-18-20-10-8-19(2)9-11-20/h3-15,17H,1,16,18H2,2H3,(H,27,28)/b26-17-. The number of carbonyl (C=O) groups is 1. The Morgan fingerprint density at radius 2 is 1.73 bits per heavy atom. The molecule has 1 amide bonds. The molecule has 0 saturated carbocycles. The van der Waals surface area contributed by atoms with E-state index in [0.29, 0.717) is 30.3 Å². The highest BCUT2D eigenvalue weighted by molar-refractivity contribution is 5.95. The molecule has 3 rings (SSSR count). The summed E-state index contributed by atoms with van der Waals surface area (Å²) in [5.41, 5.74) is 6.09. The second kappa shape index (κ2) is 10.6. The summed E-state index contributed by atoms with van der Waals surface area (Å²) in [7, 11) is 0. The lowest BCUT2D eigenvalue weighted by atomic mass is 10.2. The van der Waals surface area contributed by atoms with E-state index in [9.17, 15) is 4.79 Å². The van der Waals surface area contributed by atoms with Gasteiger partial charge in [-0.3, -0.25) is 4.79 Å². The maximum Gasteiger partial charge on any atom is 0.271 e. The molecule has 0 saturated heterocycles. The molecule has 5 heteroatoms. The van der Waals surface area contributed by atoms with Crippen LogP contribution in [0, 0.1) is 6.92 Å². The number of aryl methyl sites for hydroxylation is 1. The first kappa shape index (κ1) is 20.9. The maximum atomic E-state index is 12.3. The van der Waals surface area contributed by atoms with Crippen molar-refractivity contribution in [1.29, 1.82) is 0 Å². The van der Waals surface area contributed by atoms with E-state index in [1.165, 1.54) is 5.56 Å². The molecule has 0 unspecified atom stereocenters. The van der Waals surface area contributed by atoms with E-state index in [1.807, 2.05) is 43.3 Å². The van der Waals surface area contributed by atoms with E-state index in [1.54, 1.807) is 36.6 Å². The van der Waals surface area contributed by atoms with E-state index in [-0.39, 0.29) is 5.91 Å². The van der Waals surface area contributed by atoms with Crippen LogP contribution in [0.3, 0.4) is 0 Å². The number of hydrogen-bond donors (Lipinski definition) is 1. The molecule has 0 heterocycles. The van der Waals surface area contributed by atoms with Gasteiger partial charge in [-0.05, 0) is 48.9 Å². The van der Waals surface area contributed by atoms with Gasteiger partial charge in [0.1, 0.15) is 24.7 Å². The topological polar surface area (TPSA) is 59.9 Å². The summed E-state index contributed by atoms with van der Waals surface area (Å²) in [6, 6.07) is 22.6. The zero-order chi connectivity index (χ0) is 21.2. The van der Waals surface area contributed by atoms with Crippen LogP contribution in [0.1, 0.15) is 27.0 Å². The Morgan fingerprint density at radius 1 is 1.00 bits per heavy atom. The van der Waals surface area contributed by atoms with Gasteiger partial charge in [0.05, 0.1) is 6.21 Å². The highest BCUT2D eigenvalue weighted by Gasteiger charge is 2.05. The molecule has 0 aliphatic heterocycles. The molecule has 1 N–H and O–H groups in total. The Hall–Kier alpha value is -3.86. The van der Waals surface area contributed by atoms with Crippen LogP contribution in [0.4, 0.5) is 0 Å². The van der Waals surface area contributed by atoms with Crippen LogP contribution in [-0.4, -0.2) is 18.7 Å². The quantitative estimate of drug-likeness (QED) is 0.316. The average molecular weight is 400 g/mol. The van der Waals surface area contributed by atoms with E-state index < -0.39 is 0 Å². The van der Waals surface area contributed by atoms with Crippen LogP contribution in [0.2, 0.25) is 0 Å². The van der Waals surface area contributed by atoms with Gasteiger partial charge in [-0.1, -0.05) is 54.6 Å². The Bertz CT molecular complexity index is 1010. The summed E-state index contributed by atoms with van der Waals surface area (Å²) in [4.78, 5) is 12.3. The van der Waals surface area contributed by atoms with Crippen molar-refractivity contribution in [2.24, 2.45) is 5.10 Å².